The van der Waals surface area contributed by atoms with Gasteiger partial charge >= 0.3 is 73.9 Å². The Morgan fingerprint density at radius 2 is 1.17 bits per heavy atom. The first-order chi connectivity index (χ1) is 1.73. The van der Waals surface area contributed by atoms with Gasteiger partial charge in [-0.25, -0.2) is 0 Å². The molecule has 0 heterocycles. The van der Waals surface area contributed by atoms with Gasteiger partial charge in [-0.1, -0.05) is 0 Å². The Hall–Kier alpha value is 2.36. The van der Waals surface area contributed by atoms with E-state index in [1.807, 2.05) is 0 Å². The van der Waals surface area contributed by atoms with Crippen LogP contribution in [-0.4, -0.2) is 63.3 Å². The van der Waals surface area contributed by atoms with Gasteiger partial charge in [-0.05, 0) is 4.20 Å². The Bertz CT molecular complexity index is 13.5. The third-order valence-electron chi connectivity index (χ3n) is 0. The van der Waals surface area contributed by atoms with Crippen LogP contribution >= 0.6 is 0 Å². The summed E-state index contributed by atoms with van der Waals surface area (Å²) in [7, 11) is 0. The third kappa shape index (κ3) is 32.8. The van der Waals surface area contributed by atoms with E-state index in [1.54, 1.807) is 0 Å². The predicted molar refractivity (Wildman–Crippen MR) is 16.5 cm³/mol. The van der Waals surface area contributed by atoms with Gasteiger partial charge in [0.25, 0.3) is 0 Å². The maximum Gasteiger partial charge on any atom is 0.433 e. The second-order valence-corrected chi connectivity index (χ2v) is 1.04. The van der Waals surface area contributed by atoms with Crippen LogP contribution in [-0.2, 0) is 0 Å². The molecule has 0 aromatic heterocycles. The fourth-order valence-corrected chi connectivity index (χ4v) is 0. The van der Waals surface area contributed by atoms with Gasteiger partial charge in [0.1, 0.15) is 0 Å². The van der Waals surface area contributed by atoms with Crippen LogP contribution in [0.5, 0.6) is 0 Å². The van der Waals surface area contributed by atoms with Crippen LogP contribution in [0.3, 0.4) is 0 Å². The van der Waals surface area contributed by atoms with E-state index < -0.39 is 14.8 Å². The number of hydrogen-bond donors (Lipinski definition) is 1. The summed E-state index contributed by atoms with van der Waals surface area (Å²) in [5.41, 5.74) is 0. The van der Waals surface area contributed by atoms with Gasteiger partial charge in [0.05, 0.1) is 0 Å². The zero-order valence-electron chi connectivity index (χ0n) is 1.64. The Balaban J connectivity index is -0.0000000450. The van der Waals surface area contributed by atoms with Crippen molar-refractivity contribution in [1.82, 2.24) is 0 Å². The monoisotopic (exact) mass is 176 g/mol. The molecule has 0 aliphatic carbocycles. The Morgan fingerprint density at radius 3 is 1.17 bits per heavy atom. The first kappa shape index (κ1) is 15.8. The molecular formula is H3BrNa2O3. The van der Waals surface area contributed by atoms with Crippen LogP contribution < -0.4 is 8.40 Å². The minimum atomic E-state index is -3.40. The van der Waals surface area contributed by atoms with E-state index >= 15 is 0 Å². The van der Waals surface area contributed by atoms with Crippen molar-refractivity contribution < 1.29 is 27.4 Å². The van der Waals surface area contributed by atoms with Crippen molar-refractivity contribution in [2.24, 2.45) is 0 Å². The van der Waals surface area contributed by atoms with Crippen LogP contribution in [0.25, 0.3) is 0 Å². The molecule has 0 amide bonds. The molecule has 0 unspecified atom stereocenters. The maximum absolute atomic E-state index is 8.63. The first-order valence-electron chi connectivity index (χ1n) is 0.478. The second-order valence-electron chi connectivity index (χ2n) is 0.201. The van der Waals surface area contributed by atoms with Crippen LogP contribution in [0.2, 0.25) is 0 Å². The zero-order chi connectivity index (χ0) is 3.58. The van der Waals surface area contributed by atoms with Crippen molar-refractivity contribution in [1.29, 1.82) is 0 Å². The van der Waals surface area contributed by atoms with Gasteiger partial charge in [0, 0.05) is 0 Å². The molecule has 0 bridgehead atoms. The largest absolute Gasteiger partial charge is 0.433 e. The number of rotatable bonds is 0. The molecule has 0 aromatic carbocycles. The summed E-state index contributed by atoms with van der Waals surface area (Å²) in [6.45, 7) is 0. The summed E-state index contributed by atoms with van der Waals surface area (Å²) in [5, 5.41) is 0. The molecule has 0 aliphatic rings. The molecule has 6 heavy (non-hydrogen) atoms. The zero-order valence-corrected chi connectivity index (χ0v) is 3.23. The van der Waals surface area contributed by atoms with Crippen LogP contribution in [0.15, 0.2) is 0 Å². The molecule has 6 heteroatoms. The molecule has 30 valence electrons. The van der Waals surface area contributed by atoms with Crippen molar-refractivity contribution >= 4 is 59.1 Å². The fourth-order valence-electron chi connectivity index (χ4n) is 0. The number of hydrogen-bond acceptors (Lipinski definition) is 3. The predicted octanol–water partition coefficient (Wildman–Crippen LogP) is -4.23. The van der Waals surface area contributed by atoms with Crippen molar-refractivity contribution in [3.8, 4) is 0 Å². The van der Waals surface area contributed by atoms with Crippen molar-refractivity contribution in [3.63, 3.8) is 0 Å². The summed E-state index contributed by atoms with van der Waals surface area (Å²) < 4.78 is 24.3. The van der Waals surface area contributed by atoms with Gasteiger partial charge in [0.2, 0.25) is 0 Å². The molecule has 0 spiro atoms. The number of halogens is 1. The van der Waals surface area contributed by atoms with Crippen LogP contribution in [0, 0.1) is 14.8 Å². The first-order valence-corrected chi connectivity index (χ1v) is 2.48. The third-order valence-corrected chi connectivity index (χ3v) is 0. The van der Waals surface area contributed by atoms with Gasteiger partial charge in [-0.3, -0.25) is 0 Å². The molecule has 0 fully saturated rings. The van der Waals surface area contributed by atoms with E-state index in [1.165, 1.54) is 0 Å². The molecule has 3 nitrogen and oxygen atoms in total. The summed E-state index contributed by atoms with van der Waals surface area (Å²) in [6, 6.07) is 0. The van der Waals surface area contributed by atoms with Crippen LogP contribution in [0.1, 0.15) is 0 Å². The van der Waals surface area contributed by atoms with E-state index in [4.69, 9.17) is 12.6 Å². The summed E-state index contributed by atoms with van der Waals surface area (Å²) in [5.74, 6) is 0. The van der Waals surface area contributed by atoms with Gasteiger partial charge in [0.15, 0.2) is 0 Å². The molecule has 0 atom stereocenters. The quantitative estimate of drug-likeness (QED) is 0.381. The normalized spacial score (nSPS) is 6.00. The minimum Gasteiger partial charge on any atom is -0.372 e. The molecule has 0 saturated heterocycles. The van der Waals surface area contributed by atoms with E-state index in [0.29, 0.717) is 0 Å². The topological polar surface area (TPSA) is 66.3 Å². The summed E-state index contributed by atoms with van der Waals surface area (Å²) in [6.07, 6.45) is 0. The SMILES string of the molecule is [NaH].[NaH].[O-][Br+2]([O-])O. The Morgan fingerprint density at radius 1 is 1.17 bits per heavy atom. The van der Waals surface area contributed by atoms with Gasteiger partial charge < -0.3 is 8.40 Å². The molecule has 0 aliphatic heterocycles. The average molecular weight is 177 g/mol. The minimum absolute atomic E-state index is 0. The van der Waals surface area contributed by atoms with E-state index in [0.717, 1.165) is 0 Å². The van der Waals surface area contributed by atoms with Gasteiger partial charge in [-0.2, -0.15) is 0 Å². The van der Waals surface area contributed by atoms with Gasteiger partial charge in [-0.15, -0.1) is 0 Å². The van der Waals surface area contributed by atoms with E-state index in [9.17, 15) is 0 Å². The maximum atomic E-state index is 8.63. The molecule has 0 rings (SSSR count). The fraction of sp³-hybridized carbons (Fsp3) is 0. The van der Waals surface area contributed by atoms with Crippen LogP contribution in [0.4, 0.5) is 0 Å². The van der Waals surface area contributed by atoms with Crippen molar-refractivity contribution in [2.45, 2.75) is 0 Å². The second kappa shape index (κ2) is 10.4. The summed E-state index contributed by atoms with van der Waals surface area (Å²) in [4.78, 5) is 0. The molecule has 0 radical (unpaired) electrons. The Kier molecular flexibility index (Phi) is 27.2. The molecule has 1 N–H and O–H groups in total. The smallest absolute Gasteiger partial charge is 0.372 e. The molecule has 0 aromatic rings. The molecule has 0 saturated carbocycles. The van der Waals surface area contributed by atoms with E-state index in [2.05, 4.69) is 0 Å². The summed E-state index contributed by atoms with van der Waals surface area (Å²) >= 11 is -3.40. The van der Waals surface area contributed by atoms with E-state index in [-0.39, 0.29) is 59.1 Å². The average Bonchev–Trinajstić information content (AvgIpc) is 0.811. The van der Waals surface area contributed by atoms with Crippen molar-refractivity contribution in [2.75, 3.05) is 0 Å². The Labute approximate surface area is 85.1 Å². The molecular weight excluding hydrogens is 174 g/mol. The standard InChI is InChI=1S/BrHO3.2Na.2H/c2-1(3)4;;;;/h2H;;;;. The van der Waals surface area contributed by atoms with Crippen molar-refractivity contribution in [3.05, 3.63) is 0 Å².